The van der Waals surface area contributed by atoms with Crippen molar-refractivity contribution in [3.8, 4) is 0 Å². The minimum atomic E-state index is -0.379. The Bertz CT molecular complexity index is 315. The van der Waals surface area contributed by atoms with E-state index in [4.69, 9.17) is 0 Å². The van der Waals surface area contributed by atoms with Crippen molar-refractivity contribution in [2.24, 2.45) is 13.0 Å². The third-order valence-electron chi connectivity index (χ3n) is 3.10. The van der Waals surface area contributed by atoms with Gasteiger partial charge < -0.3 is 15.0 Å². The Labute approximate surface area is 84.0 Å². The molecule has 2 heterocycles. The van der Waals surface area contributed by atoms with Crippen molar-refractivity contribution in [3.05, 3.63) is 17.7 Å². The Morgan fingerprint density at radius 1 is 1.71 bits per heavy atom. The molecule has 2 atom stereocenters. The van der Waals surface area contributed by atoms with E-state index in [0.29, 0.717) is 5.92 Å². The second-order valence-electron chi connectivity index (χ2n) is 3.99. The molecule has 1 aromatic rings. The maximum Gasteiger partial charge on any atom is 0.105 e. The van der Waals surface area contributed by atoms with E-state index in [-0.39, 0.29) is 6.10 Å². The van der Waals surface area contributed by atoms with Crippen molar-refractivity contribution in [1.29, 1.82) is 0 Å². The summed E-state index contributed by atoms with van der Waals surface area (Å²) < 4.78 is 1.96. The molecule has 0 aliphatic carbocycles. The lowest BCUT2D eigenvalue weighted by molar-refractivity contribution is 0.111. The molecule has 0 radical (unpaired) electrons. The van der Waals surface area contributed by atoms with E-state index in [2.05, 4.69) is 10.3 Å². The van der Waals surface area contributed by atoms with Crippen LogP contribution in [0.1, 0.15) is 24.0 Å². The third kappa shape index (κ3) is 1.55. The first kappa shape index (κ1) is 9.68. The van der Waals surface area contributed by atoms with Gasteiger partial charge in [0, 0.05) is 19.5 Å². The van der Waals surface area contributed by atoms with Gasteiger partial charge >= 0.3 is 0 Å². The maximum atomic E-state index is 10.1. The molecule has 2 rings (SSSR count). The molecule has 1 aliphatic heterocycles. The smallest absolute Gasteiger partial charge is 0.105 e. The molecule has 0 aromatic carbocycles. The summed E-state index contributed by atoms with van der Waals surface area (Å²) in [7, 11) is 1.95. The Morgan fingerprint density at radius 2 is 2.50 bits per heavy atom. The molecule has 14 heavy (non-hydrogen) atoms. The van der Waals surface area contributed by atoms with E-state index in [1.807, 2.05) is 18.5 Å². The van der Waals surface area contributed by atoms with Crippen LogP contribution in [0.4, 0.5) is 0 Å². The molecular formula is C10H17N3O. The van der Waals surface area contributed by atoms with Crippen LogP contribution < -0.4 is 5.32 Å². The van der Waals surface area contributed by atoms with E-state index >= 15 is 0 Å². The van der Waals surface area contributed by atoms with Crippen LogP contribution in [0.3, 0.4) is 0 Å². The van der Waals surface area contributed by atoms with E-state index in [0.717, 1.165) is 31.0 Å². The van der Waals surface area contributed by atoms with Gasteiger partial charge in [0.25, 0.3) is 0 Å². The van der Waals surface area contributed by atoms with Gasteiger partial charge in [-0.1, -0.05) is 0 Å². The van der Waals surface area contributed by atoms with Gasteiger partial charge in [0.1, 0.15) is 5.82 Å². The lowest BCUT2D eigenvalue weighted by Crippen LogP contribution is -2.18. The number of nitrogens with one attached hydrogen (secondary N) is 1. The first-order valence-electron chi connectivity index (χ1n) is 5.07. The van der Waals surface area contributed by atoms with Crippen LogP contribution >= 0.6 is 0 Å². The van der Waals surface area contributed by atoms with Crippen LogP contribution in [-0.4, -0.2) is 27.7 Å². The van der Waals surface area contributed by atoms with E-state index in [9.17, 15) is 5.11 Å². The fourth-order valence-electron chi connectivity index (χ4n) is 1.98. The van der Waals surface area contributed by atoms with Gasteiger partial charge in [-0.05, 0) is 19.9 Å². The van der Waals surface area contributed by atoms with Crippen molar-refractivity contribution in [1.82, 2.24) is 14.9 Å². The summed E-state index contributed by atoms with van der Waals surface area (Å²) in [6.07, 6.45) is 2.44. The van der Waals surface area contributed by atoms with Gasteiger partial charge in [-0.2, -0.15) is 0 Å². The predicted molar refractivity (Wildman–Crippen MR) is 53.9 cm³/mol. The van der Waals surface area contributed by atoms with Gasteiger partial charge in [-0.15, -0.1) is 0 Å². The Hall–Kier alpha value is -0.870. The van der Waals surface area contributed by atoms with Crippen molar-refractivity contribution in [3.63, 3.8) is 0 Å². The summed E-state index contributed by atoms with van der Waals surface area (Å²) in [6.45, 7) is 3.87. The molecule has 1 aromatic heterocycles. The highest BCUT2D eigenvalue weighted by Crippen LogP contribution is 2.26. The molecule has 0 bridgehead atoms. The van der Waals surface area contributed by atoms with Crippen LogP contribution in [0.5, 0.6) is 0 Å². The molecule has 1 aliphatic rings. The number of aryl methyl sites for hydroxylation is 1. The third-order valence-corrected chi connectivity index (χ3v) is 3.10. The number of imidazole rings is 1. The number of hydrogen-bond acceptors (Lipinski definition) is 3. The molecular weight excluding hydrogens is 178 g/mol. The van der Waals surface area contributed by atoms with Gasteiger partial charge in [0.15, 0.2) is 0 Å². The minimum Gasteiger partial charge on any atom is -0.386 e. The molecule has 1 saturated heterocycles. The Morgan fingerprint density at radius 3 is 3.00 bits per heavy atom. The summed E-state index contributed by atoms with van der Waals surface area (Å²) in [4.78, 5) is 4.19. The summed E-state index contributed by atoms with van der Waals surface area (Å²) in [6, 6.07) is 0. The fraction of sp³-hybridized carbons (Fsp3) is 0.700. The summed E-state index contributed by atoms with van der Waals surface area (Å²) >= 11 is 0. The Balaban J connectivity index is 2.17. The maximum absolute atomic E-state index is 10.1. The second kappa shape index (κ2) is 3.71. The molecule has 1 fully saturated rings. The molecule has 4 nitrogen and oxygen atoms in total. The first-order valence-corrected chi connectivity index (χ1v) is 5.07. The Kier molecular flexibility index (Phi) is 2.56. The van der Waals surface area contributed by atoms with Gasteiger partial charge in [0.05, 0.1) is 18.0 Å². The lowest BCUT2D eigenvalue weighted by atomic mass is 9.99. The average Bonchev–Trinajstić information content (AvgIpc) is 2.77. The van der Waals surface area contributed by atoms with Crippen molar-refractivity contribution in [2.45, 2.75) is 19.4 Å². The molecule has 0 spiro atoms. The lowest BCUT2D eigenvalue weighted by Gasteiger charge is -2.17. The minimum absolute atomic E-state index is 0.338. The molecule has 0 amide bonds. The largest absolute Gasteiger partial charge is 0.386 e. The van der Waals surface area contributed by atoms with Crippen LogP contribution in [0.2, 0.25) is 0 Å². The fourth-order valence-corrected chi connectivity index (χ4v) is 1.98. The number of aromatic nitrogens is 2. The number of nitrogens with zero attached hydrogens (tertiary/aromatic N) is 2. The van der Waals surface area contributed by atoms with Crippen LogP contribution in [0.15, 0.2) is 6.20 Å². The molecule has 4 heteroatoms. The van der Waals surface area contributed by atoms with Gasteiger partial charge in [0.2, 0.25) is 0 Å². The topological polar surface area (TPSA) is 50.1 Å². The monoisotopic (exact) mass is 195 g/mol. The number of rotatable bonds is 2. The number of aliphatic hydroxyl groups excluding tert-OH is 1. The molecule has 1 unspecified atom stereocenters. The molecule has 2 N–H and O–H groups in total. The van der Waals surface area contributed by atoms with Crippen LogP contribution in [0.25, 0.3) is 0 Å². The van der Waals surface area contributed by atoms with Crippen LogP contribution in [-0.2, 0) is 7.05 Å². The van der Waals surface area contributed by atoms with Crippen LogP contribution in [0, 0.1) is 12.8 Å². The number of hydrogen-bond donors (Lipinski definition) is 2. The van der Waals surface area contributed by atoms with Crippen molar-refractivity contribution < 1.29 is 5.11 Å². The molecule has 78 valence electrons. The predicted octanol–water partition coefficient (Wildman–Crippen LogP) is 0.371. The summed E-state index contributed by atoms with van der Waals surface area (Å²) in [5, 5.41) is 13.4. The zero-order valence-electron chi connectivity index (χ0n) is 8.70. The van der Waals surface area contributed by atoms with Crippen molar-refractivity contribution >= 4 is 0 Å². The first-order chi connectivity index (χ1) is 6.70. The quantitative estimate of drug-likeness (QED) is 0.717. The molecule has 0 saturated carbocycles. The van der Waals surface area contributed by atoms with E-state index in [1.165, 1.54) is 0 Å². The average molecular weight is 195 g/mol. The SMILES string of the molecule is Cc1ncc(C(O)[C@H]2CCNC2)n1C. The number of aliphatic hydroxyl groups is 1. The summed E-state index contributed by atoms with van der Waals surface area (Å²) in [5.41, 5.74) is 0.927. The highest BCUT2D eigenvalue weighted by molar-refractivity contribution is 5.08. The second-order valence-corrected chi connectivity index (χ2v) is 3.99. The van der Waals surface area contributed by atoms with E-state index < -0.39 is 0 Å². The highest BCUT2D eigenvalue weighted by atomic mass is 16.3. The van der Waals surface area contributed by atoms with Gasteiger partial charge in [-0.25, -0.2) is 4.98 Å². The summed E-state index contributed by atoms with van der Waals surface area (Å²) in [5.74, 6) is 1.29. The van der Waals surface area contributed by atoms with Gasteiger partial charge in [-0.3, -0.25) is 0 Å². The highest BCUT2D eigenvalue weighted by Gasteiger charge is 2.26. The zero-order chi connectivity index (χ0) is 10.1. The zero-order valence-corrected chi connectivity index (χ0v) is 8.70. The van der Waals surface area contributed by atoms with E-state index in [1.54, 1.807) is 6.20 Å². The normalized spacial score (nSPS) is 24.1. The van der Waals surface area contributed by atoms with Crippen molar-refractivity contribution in [2.75, 3.05) is 13.1 Å². The standard InChI is InChI=1S/C10H17N3O/c1-7-12-6-9(13(7)2)10(14)8-3-4-11-5-8/h6,8,10-11,14H,3-5H2,1-2H3/t8-,10?/m0/s1.